The summed E-state index contributed by atoms with van der Waals surface area (Å²) in [5.41, 5.74) is 1.14. The van der Waals surface area contributed by atoms with Gasteiger partial charge in [0.25, 0.3) is 0 Å². The second-order valence-electron chi connectivity index (χ2n) is 4.92. The topological polar surface area (TPSA) is 28.2 Å². The summed E-state index contributed by atoms with van der Waals surface area (Å²) in [6, 6.07) is 5.04. The van der Waals surface area contributed by atoms with Gasteiger partial charge in [0.2, 0.25) is 0 Å². The molecule has 3 nitrogen and oxygen atoms in total. The van der Waals surface area contributed by atoms with Gasteiger partial charge in [-0.15, -0.1) is 22.7 Å². The lowest BCUT2D eigenvalue weighted by atomic mass is 10.2. The molecule has 2 atom stereocenters. The van der Waals surface area contributed by atoms with E-state index in [-0.39, 0.29) is 0 Å². The van der Waals surface area contributed by atoms with Gasteiger partial charge in [-0.25, -0.2) is 4.98 Å². The Kier molecular flexibility index (Phi) is 5.10. The molecule has 0 saturated carbocycles. The molecule has 1 N–H and O–H groups in total. The highest BCUT2D eigenvalue weighted by Crippen LogP contribution is 2.23. The molecule has 0 aliphatic carbocycles. The number of rotatable bonds is 6. The number of thiazole rings is 1. The van der Waals surface area contributed by atoms with Gasteiger partial charge in [0.05, 0.1) is 16.7 Å². The molecule has 2 unspecified atom stereocenters. The summed E-state index contributed by atoms with van der Waals surface area (Å²) in [4.78, 5) is 8.20. The van der Waals surface area contributed by atoms with Crippen molar-refractivity contribution < 1.29 is 0 Å². The maximum absolute atomic E-state index is 4.54. The van der Waals surface area contributed by atoms with Gasteiger partial charge in [-0.2, -0.15) is 0 Å². The van der Waals surface area contributed by atoms with Crippen LogP contribution in [0, 0.1) is 6.92 Å². The van der Waals surface area contributed by atoms with Gasteiger partial charge in [0, 0.05) is 22.8 Å². The number of likely N-dealkylation sites (N-methyl/N-ethyl adjacent to an activating group) is 1. The number of hydrogen-bond acceptors (Lipinski definition) is 5. The molecule has 0 bridgehead atoms. The van der Waals surface area contributed by atoms with Crippen molar-refractivity contribution in [1.82, 2.24) is 15.2 Å². The Balaban J connectivity index is 1.96. The van der Waals surface area contributed by atoms with Crippen molar-refractivity contribution in [3.63, 3.8) is 0 Å². The quantitative estimate of drug-likeness (QED) is 0.884. The Labute approximate surface area is 123 Å². The highest BCUT2D eigenvalue weighted by molar-refractivity contribution is 7.10. The second kappa shape index (κ2) is 6.61. The third-order valence-electron chi connectivity index (χ3n) is 3.19. The normalized spacial score (nSPS) is 14.8. The standard InChI is InChI=1S/C14H21N3S2/c1-10(12-9-19-11(2)16-12)15-8-13(17(3)4)14-6-5-7-18-14/h5-7,9-10,13,15H,8H2,1-4H3. The number of thiophene rings is 1. The van der Waals surface area contributed by atoms with Gasteiger partial charge in [-0.1, -0.05) is 6.07 Å². The summed E-state index contributed by atoms with van der Waals surface area (Å²) in [5.74, 6) is 0. The third-order valence-corrected chi connectivity index (χ3v) is 4.96. The number of aromatic nitrogens is 1. The molecule has 19 heavy (non-hydrogen) atoms. The Bertz CT molecular complexity index is 491. The molecule has 0 fully saturated rings. The number of aryl methyl sites for hydroxylation is 1. The summed E-state index contributed by atoms with van der Waals surface area (Å²) in [7, 11) is 4.26. The molecule has 2 aromatic rings. The van der Waals surface area contributed by atoms with E-state index in [9.17, 15) is 0 Å². The first-order valence-electron chi connectivity index (χ1n) is 6.43. The van der Waals surface area contributed by atoms with Gasteiger partial charge < -0.3 is 10.2 Å². The van der Waals surface area contributed by atoms with Crippen molar-refractivity contribution in [2.24, 2.45) is 0 Å². The van der Waals surface area contributed by atoms with Gasteiger partial charge in [0.15, 0.2) is 0 Å². The van der Waals surface area contributed by atoms with Crippen LogP contribution in [-0.4, -0.2) is 30.5 Å². The maximum atomic E-state index is 4.54. The minimum atomic E-state index is 0.298. The molecule has 0 radical (unpaired) electrons. The highest BCUT2D eigenvalue weighted by atomic mass is 32.1. The molecule has 0 spiro atoms. The van der Waals surface area contributed by atoms with Crippen LogP contribution in [0.3, 0.4) is 0 Å². The van der Waals surface area contributed by atoms with Crippen molar-refractivity contribution in [2.75, 3.05) is 20.6 Å². The van der Waals surface area contributed by atoms with E-state index >= 15 is 0 Å². The van der Waals surface area contributed by atoms with E-state index in [0.717, 1.165) is 17.2 Å². The Hall–Kier alpha value is -0.750. The molecule has 0 aromatic carbocycles. The fourth-order valence-corrected chi connectivity index (χ4v) is 3.62. The lowest BCUT2D eigenvalue weighted by Gasteiger charge is -2.25. The summed E-state index contributed by atoms with van der Waals surface area (Å²) in [5, 5.41) is 9.00. The van der Waals surface area contributed by atoms with E-state index in [1.807, 2.05) is 11.3 Å². The highest BCUT2D eigenvalue weighted by Gasteiger charge is 2.17. The van der Waals surface area contributed by atoms with Crippen LogP contribution in [0.5, 0.6) is 0 Å². The first-order valence-corrected chi connectivity index (χ1v) is 8.19. The van der Waals surface area contributed by atoms with Gasteiger partial charge >= 0.3 is 0 Å². The lowest BCUT2D eigenvalue weighted by molar-refractivity contribution is 0.285. The SMILES string of the molecule is Cc1nc(C(C)NCC(c2cccs2)N(C)C)cs1. The molecule has 2 rings (SSSR count). The minimum absolute atomic E-state index is 0.298. The van der Waals surface area contributed by atoms with E-state index in [1.165, 1.54) is 4.88 Å². The average molecular weight is 295 g/mol. The number of hydrogen-bond donors (Lipinski definition) is 1. The van der Waals surface area contributed by atoms with Crippen LogP contribution in [0.4, 0.5) is 0 Å². The van der Waals surface area contributed by atoms with Crippen LogP contribution in [0.2, 0.25) is 0 Å². The first kappa shape index (κ1) is 14.7. The maximum Gasteiger partial charge on any atom is 0.0898 e. The van der Waals surface area contributed by atoms with E-state index < -0.39 is 0 Å². The summed E-state index contributed by atoms with van der Waals surface area (Å²) < 4.78 is 0. The van der Waals surface area contributed by atoms with Crippen molar-refractivity contribution >= 4 is 22.7 Å². The fraction of sp³-hybridized carbons (Fsp3) is 0.500. The van der Waals surface area contributed by atoms with Crippen LogP contribution < -0.4 is 5.32 Å². The first-order chi connectivity index (χ1) is 9.08. The van der Waals surface area contributed by atoms with Crippen molar-refractivity contribution in [3.05, 3.63) is 38.5 Å². The third kappa shape index (κ3) is 3.86. The molecule has 104 valence electrons. The van der Waals surface area contributed by atoms with Gasteiger partial charge in [-0.05, 0) is 39.4 Å². The van der Waals surface area contributed by atoms with E-state index in [1.54, 1.807) is 11.3 Å². The average Bonchev–Trinajstić information content (AvgIpc) is 3.00. The van der Waals surface area contributed by atoms with Crippen molar-refractivity contribution in [1.29, 1.82) is 0 Å². The Morgan fingerprint density at radius 2 is 2.16 bits per heavy atom. The summed E-state index contributed by atoms with van der Waals surface area (Å²) in [6.07, 6.45) is 0. The lowest BCUT2D eigenvalue weighted by Crippen LogP contribution is -2.32. The molecular formula is C14H21N3S2. The predicted molar refractivity (Wildman–Crippen MR) is 84.0 cm³/mol. The van der Waals surface area contributed by atoms with Crippen LogP contribution in [-0.2, 0) is 0 Å². The second-order valence-corrected chi connectivity index (χ2v) is 6.96. The molecule has 0 aliphatic rings. The van der Waals surface area contributed by atoms with Crippen molar-refractivity contribution in [2.45, 2.75) is 25.9 Å². The van der Waals surface area contributed by atoms with E-state index in [0.29, 0.717) is 12.1 Å². The monoisotopic (exact) mass is 295 g/mol. The molecule has 2 aromatic heterocycles. The van der Waals surface area contributed by atoms with Crippen LogP contribution in [0.1, 0.15) is 34.6 Å². The number of nitrogens with one attached hydrogen (secondary N) is 1. The van der Waals surface area contributed by atoms with Crippen LogP contribution in [0.25, 0.3) is 0 Å². The van der Waals surface area contributed by atoms with Crippen LogP contribution >= 0.6 is 22.7 Å². The zero-order valence-corrected chi connectivity index (χ0v) is 13.5. The Morgan fingerprint density at radius 1 is 1.37 bits per heavy atom. The zero-order chi connectivity index (χ0) is 13.8. The smallest absolute Gasteiger partial charge is 0.0898 e. The largest absolute Gasteiger partial charge is 0.307 e. The summed E-state index contributed by atoms with van der Waals surface area (Å²) in [6.45, 7) is 5.16. The Morgan fingerprint density at radius 3 is 2.68 bits per heavy atom. The molecule has 0 aliphatic heterocycles. The molecule has 2 heterocycles. The van der Waals surface area contributed by atoms with E-state index in [2.05, 4.69) is 66.0 Å². The molecule has 5 heteroatoms. The minimum Gasteiger partial charge on any atom is -0.307 e. The van der Waals surface area contributed by atoms with Crippen molar-refractivity contribution in [3.8, 4) is 0 Å². The van der Waals surface area contributed by atoms with E-state index in [4.69, 9.17) is 0 Å². The fourth-order valence-electron chi connectivity index (χ4n) is 1.99. The summed E-state index contributed by atoms with van der Waals surface area (Å²) >= 11 is 3.53. The predicted octanol–water partition coefficient (Wildman–Crippen LogP) is 3.47. The molecular weight excluding hydrogens is 274 g/mol. The van der Waals surface area contributed by atoms with Gasteiger partial charge in [0.1, 0.15) is 0 Å². The molecule has 0 saturated heterocycles. The zero-order valence-electron chi connectivity index (χ0n) is 11.9. The molecule has 0 amide bonds. The van der Waals surface area contributed by atoms with Crippen LogP contribution in [0.15, 0.2) is 22.9 Å². The number of nitrogens with zero attached hydrogens (tertiary/aromatic N) is 2. The van der Waals surface area contributed by atoms with Gasteiger partial charge in [-0.3, -0.25) is 0 Å².